The Balaban J connectivity index is 1.61. The zero-order chi connectivity index (χ0) is 17.4. The number of amides is 3. The van der Waals surface area contributed by atoms with Crippen molar-refractivity contribution in [2.75, 3.05) is 11.9 Å². The van der Waals surface area contributed by atoms with Crippen molar-refractivity contribution in [1.29, 1.82) is 0 Å². The Kier molecular flexibility index (Phi) is 7.49. The summed E-state index contributed by atoms with van der Waals surface area (Å²) >= 11 is 3.16. The standard InChI is InChI=1S/C17H23BrFN3O2/c18-12-8-9-15(14(19)11-12)22-16(23)7-4-10-20-17(24)21-13-5-2-1-3-6-13/h8-9,11,13H,1-7,10H2,(H,22,23)(H2,20,21,24). The van der Waals surface area contributed by atoms with Gasteiger partial charge >= 0.3 is 6.03 Å². The third kappa shape index (κ3) is 6.47. The molecule has 1 aliphatic carbocycles. The first-order valence-corrected chi connectivity index (χ1v) is 9.13. The fourth-order valence-corrected chi connectivity index (χ4v) is 3.07. The van der Waals surface area contributed by atoms with Gasteiger partial charge in [-0.3, -0.25) is 4.79 Å². The van der Waals surface area contributed by atoms with Gasteiger partial charge in [0.1, 0.15) is 5.82 Å². The average molecular weight is 400 g/mol. The van der Waals surface area contributed by atoms with E-state index >= 15 is 0 Å². The Labute approximate surface area is 149 Å². The van der Waals surface area contributed by atoms with Crippen LogP contribution in [-0.4, -0.2) is 24.5 Å². The summed E-state index contributed by atoms with van der Waals surface area (Å²) in [5.41, 5.74) is 0.159. The molecule has 0 heterocycles. The maximum absolute atomic E-state index is 13.6. The second-order valence-electron chi connectivity index (χ2n) is 6.01. The largest absolute Gasteiger partial charge is 0.338 e. The van der Waals surface area contributed by atoms with Crippen LogP contribution in [0.1, 0.15) is 44.9 Å². The van der Waals surface area contributed by atoms with Crippen LogP contribution in [0, 0.1) is 5.82 Å². The van der Waals surface area contributed by atoms with Gasteiger partial charge in [0.25, 0.3) is 0 Å². The zero-order valence-electron chi connectivity index (χ0n) is 13.5. The third-order valence-corrected chi connectivity index (χ3v) is 4.51. The molecule has 3 N–H and O–H groups in total. The predicted octanol–water partition coefficient (Wildman–Crippen LogP) is 3.94. The summed E-state index contributed by atoms with van der Waals surface area (Å²) in [5, 5.41) is 8.24. The first kappa shape index (κ1) is 18.7. The second kappa shape index (κ2) is 9.61. The van der Waals surface area contributed by atoms with E-state index in [2.05, 4.69) is 31.9 Å². The summed E-state index contributed by atoms with van der Waals surface area (Å²) in [6.07, 6.45) is 6.37. The fraction of sp³-hybridized carbons (Fsp3) is 0.529. The van der Waals surface area contributed by atoms with Gasteiger partial charge in [-0.25, -0.2) is 9.18 Å². The molecule has 1 aliphatic rings. The lowest BCUT2D eigenvalue weighted by molar-refractivity contribution is -0.116. The van der Waals surface area contributed by atoms with Gasteiger partial charge in [0.2, 0.25) is 5.91 Å². The molecule has 1 aromatic rings. The highest BCUT2D eigenvalue weighted by atomic mass is 79.9. The van der Waals surface area contributed by atoms with Crippen molar-refractivity contribution in [2.45, 2.75) is 51.0 Å². The highest BCUT2D eigenvalue weighted by Crippen LogP contribution is 2.19. The van der Waals surface area contributed by atoms with Gasteiger partial charge in [-0.1, -0.05) is 35.2 Å². The summed E-state index contributed by atoms with van der Waals surface area (Å²) in [6.45, 7) is 0.412. The van der Waals surface area contributed by atoms with Gasteiger partial charge in [-0.05, 0) is 37.5 Å². The van der Waals surface area contributed by atoms with E-state index in [1.165, 1.54) is 18.6 Å². The lowest BCUT2D eigenvalue weighted by Gasteiger charge is -2.22. The third-order valence-electron chi connectivity index (χ3n) is 4.01. The molecule has 7 heteroatoms. The molecule has 132 valence electrons. The quantitative estimate of drug-likeness (QED) is 0.633. The number of carbonyl (C=O) groups is 2. The van der Waals surface area contributed by atoms with Crippen LogP contribution in [0.3, 0.4) is 0 Å². The minimum absolute atomic E-state index is 0.159. The van der Waals surface area contributed by atoms with E-state index in [0.29, 0.717) is 17.4 Å². The monoisotopic (exact) mass is 399 g/mol. The first-order chi connectivity index (χ1) is 11.5. The number of nitrogens with one attached hydrogen (secondary N) is 3. The Morgan fingerprint density at radius 1 is 1.21 bits per heavy atom. The van der Waals surface area contributed by atoms with Crippen molar-refractivity contribution in [1.82, 2.24) is 10.6 Å². The molecule has 0 aliphatic heterocycles. The first-order valence-electron chi connectivity index (χ1n) is 8.34. The van der Waals surface area contributed by atoms with E-state index in [1.807, 2.05) is 0 Å². The number of hydrogen-bond donors (Lipinski definition) is 3. The highest BCUT2D eigenvalue weighted by molar-refractivity contribution is 9.10. The average Bonchev–Trinajstić information content (AvgIpc) is 2.55. The van der Waals surface area contributed by atoms with E-state index in [-0.39, 0.29) is 30.1 Å². The van der Waals surface area contributed by atoms with Crippen LogP contribution in [-0.2, 0) is 4.79 Å². The normalized spacial score (nSPS) is 14.9. The minimum atomic E-state index is -0.484. The van der Waals surface area contributed by atoms with E-state index in [0.717, 1.165) is 25.7 Å². The Morgan fingerprint density at radius 3 is 2.67 bits per heavy atom. The SMILES string of the molecule is O=C(CCCNC(=O)NC1CCCCC1)Nc1ccc(Br)cc1F. The smallest absolute Gasteiger partial charge is 0.315 e. The summed E-state index contributed by atoms with van der Waals surface area (Å²) in [7, 11) is 0. The number of anilines is 1. The van der Waals surface area contributed by atoms with Gasteiger partial charge in [0.15, 0.2) is 0 Å². The molecule has 3 amide bonds. The number of hydrogen-bond acceptors (Lipinski definition) is 2. The molecule has 0 radical (unpaired) electrons. The molecular formula is C17H23BrFN3O2. The lowest BCUT2D eigenvalue weighted by Crippen LogP contribution is -2.43. The molecule has 0 saturated heterocycles. The molecule has 0 atom stereocenters. The maximum atomic E-state index is 13.6. The number of benzene rings is 1. The van der Waals surface area contributed by atoms with Crippen LogP contribution in [0.5, 0.6) is 0 Å². The zero-order valence-corrected chi connectivity index (χ0v) is 15.1. The predicted molar refractivity (Wildman–Crippen MR) is 95.4 cm³/mol. The van der Waals surface area contributed by atoms with Crippen LogP contribution in [0.2, 0.25) is 0 Å². The minimum Gasteiger partial charge on any atom is -0.338 e. The van der Waals surface area contributed by atoms with Crippen molar-refractivity contribution in [3.63, 3.8) is 0 Å². The van der Waals surface area contributed by atoms with Gasteiger partial charge in [0, 0.05) is 23.5 Å². The van der Waals surface area contributed by atoms with E-state index in [9.17, 15) is 14.0 Å². The van der Waals surface area contributed by atoms with E-state index in [1.54, 1.807) is 6.07 Å². The van der Waals surface area contributed by atoms with Crippen molar-refractivity contribution in [3.05, 3.63) is 28.5 Å². The molecule has 0 unspecified atom stereocenters. The summed E-state index contributed by atoms with van der Waals surface area (Å²) in [6, 6.07) is 4.55. The van der Waals surface area contributed by atoms with Crippen LogP contribution < -0.4 is 16.0 Å². The Hall–Kier alpha value is -1.63. The van der Waals surface area contributed by atoms with E-state index < -0.39 is 5.82 Å². The molecule has 5 nitrogen and oxygen atoms in total. The van der Waals surface area contributed by atoms with Crippen molar-refractivity contribution in [2.24, 2.45) is 0 Å². The molecule has 2 rings (SSSR count). The molecular weight excluding hydrogens is 377 g/mol. The summed E-state index contributed by atoms with van der Waals surface area (Å²) < 4.78 is 14.2. The molecule has 0 bridgehead atoms. The van der Waals surface area contributed by atoms with Crippen LogP contribution >= 0.6 is 15.9 Å². The van der Waals surface area contributed by atoms with Gasteiger partial charge in [-0.2, -0.15) is 0 Å². The summed E-state index contributed by atoms with van der Waals surface area (Å²) in [5.74, 6) is -0.756. The Morgan fingerprint density at radius 2 is 1.96 bits per heavy atom. The topological polar surface area (TPSA) is 70.2 Å². The Bertz CT molecular complexity index is 577. The van der Waals surface area contributed by atoms with E-state index in [4.69, 9.17) is 0 Å². The second-order valence-corrected chi connectivity index (χ2v) is 6.93. The number of rotatable bonds is 6. The number of carbonyl (C=O) groups excluding carboxylic acids is 2. The van der Waals surface area contributed by atoms with Gasteiger partial charge < -0.3 is 16.0 Å². The van der Waals surface area contributed by atoms with Crippen molar-refractivity contribution in [3.8, 4) is 0 Å². The highest BCUT2D eigenvalue weighted by Gasteiger charge is 2.15. The molecule has 0 spiro atoms. The molecule has 1 aromatic carbocycles. The molecule has 1 fully saturated rings. The molecule has 0 aromatic heterocycles. The molecule has 1 saturated carbocycles. The number of urea groups is 1. The van der Waals surface area contributed by atoms with Crippen LogP contribution in [0.15, 0.2) is 22.7 Å². The lowest BCUT2D eigenvalue weighted by atomic mass is 9.96. The van der Waals surface area contributed by atoms with Gasteiger partial charge in [-0.15, -0.1) is 0 Å². The fourth-order valence-electron chi connectivity index (χ4n) is 2.74. The maximum Gasteiger partial charge on any atom is 0.315 e. The molecule has 24 heavy (non-hydrogen) atoms. The number of halogens is 2. The van der Waals surface area contributed by atoms with Gasteiger partial charge in [0.05, 0.1) is 5.69 Å². The van der Waals surface area contributed by atoms with Crippen LogP contribution in [0.4, 0.5) is 14.9 Å². The summed E-state index contributed by atoms with van der Waals surface area (Å²) in [4.78, 5) is 23.5. The van der Waals surface area contributed by atoms with Crippen molar-refractivity contribution >= 4 is 33.6 Å². The van der Waals surface area contributed by atoms with Crippen molar-refractivity contribution < 1.29 is 14.0 Å². The van der Waals surface area contributed by atoms with Crippen LogP contribution in [0.25, 0.3) is 0 Å².